The highest BCUT2D eigenvalue weighted by atomic mass is 16.5. The van der Waals surface area contributed by atoms with E-state index in [2.05, 4.69) is 0 Å². The fraction of sp³-hybridized carbons (Fsp3) is 0.107. The monoisotopic (exact) mass is 514 g/mol. The third-order valence-electron chi connectivity index (χ3n) is 6.63. The van der Waals surface area contributed by atoms with Crippen LogP contribution in [0.1, 0.15) is 29.0 Å². The Morgan fingerprint density at radius 1 is 0.868 bits per heavy atom. The molecule has 10 nitrogen and oxygen atoms in total. The van der Waals surface area contributed by atoms with Crippen molar-refractivity contribution in [2.45, 2.75) is 19.3 Å². The molecule has 3 heterocycles. The minimum absolute atomic E-state index is 0.0407. The maximum Gasteiger partial charge on any atom is 0.312 e. The molecule has 6 rings (SSSR count). The number of phenolic OH excluding ortho intramolecular Hbond substituents is 3. The first-order chi connectivity index (χ1) is 18.1. The molecule has 3 aromatic carbocycles. The minimum atomic E-state index is -0.995. The second kappa shape index (κ2) is 8.13. The van der Waals surface area contributed by atoms with Gasteiger partial charge in [0, 0.05) is 28.7 Å². The summed E-state index contributed by atoms with van der Waals surface area (Å²) in [5.41, 5.74) is -0.179. The van der Waals surface area contributed by atoms with Crippen molar-refractivity contribution in [2.24, 2.45) is 0 Å². The van der Waals surface area contributed by atoms with E-state index < -0.39 is 51.1 Å². The highest BCUT2D eigenvalue weighted by molar-refractivity contribution is 5.94. The summed E-state index contributed by atoms with van der Waals surface area (Å²) in [5.74, 6) is -4.61. The predicted molar refractivity (Wildman–Crippen MR) is 134 cm³/mol. The molecule has 0 saturated heterocycles. The molecule has 0 radical (unpaired) electrons. The second-order valence-corrected chi connectivity index (χ2v) is 9.07. The van der Waals surface area contributed by atoms with E-state index >= 15 is 0 Å². The van der Waals surface area contributed by atoms with Crippen molar-refractivity contribution in [3.63, 3.8) is 0 Å². The van der Waals surface area contributed by atoms with E-state index in [9.17, 15) is 34.8 Å². The van der Waals surface area contributed by atoms with Crippen LogP contribution in [0.3, 0.4) is 0 Å². The van der Waals surface area contributed by atoms with Gasteiger partial charge in [-0.15, -0.1) is 0 Å². The van der Waals surface area contributed by atoms with Gasteiger partial charge in [0.15, 0.2) is 22.7 Å². The molecule has 1 unspecified atom stereocenters. The van der Waals surface area contributed by atoms with E-state index in [4.69, 9.17) is 13.6 Å². The van der Waals surface area contributed by atoms with Crippen molar-refractivity contribution >= 4 is 27.9 Å². The minimum Gasteiger partial charge on any atom is -0.507 e. The smallest absolute Gasteiger partial charge is 0.312 e. The largest absolute Gasteiger partial charge is 0.507 e. The number of hydrogen-bond acceptors (Lipinski definition) is 10. The Morgan fingerprint density at radius 3 is 2.42 bits per heavy atom. The first kappa shape index (κ1) is 23.2. The zero-order chi connectivity index (χ0) is 26.9. The Bertz CT molecular complexity index is 1950. The van der Waals surface area contributed by atoms with Crippen molar-refractivity contribution in [1.29, 1.82) is 0 Å². The van der Waals surface area contributed by atoms with Gasteiger partial charge < -0.3 is 34.0 Å². The molecule has 38 heavy (non-hydrogen) atoms. The van der Waals surface area contributed by atoms with Crippen LogP contribution in [-0.4, -0.2) is 26.4 Å². The van der Waals surface area contributed by atoms with E-state index in [0.717, 1.165) is 23.8 Å². The van der Waals surface area contributed by atoms with Crippen molar-refractivity contribution in [1.82, 2.24) is 0 Å². The summed E-state index contributed by atoms with van der Waals surface area (Å²) in [6, 6.07) is 9.68. The predicted octanol–water partition coefficient (Wildman–Crippen LogP) is 4.14. The quantitative estimate of drug-likeness (QED) is 0.153. The Hall–Kier alpha value is -5.25. The lowest BCUT2D eigenvalue weighted by molar-refractivity contribution is -0.135. The van der Waals surface area contributed by atoms with Crippen LogP contribution in [0.25, 0.3) is 33.3 Å². The van der Waals surface area contributed by atoms with Gasteiger partial charge in [-0.05, 0) is 37.3 Å². The summed E-state index contributed by atoms with van der Waals surface area (Å²) in [4.78, 5) is 39.3. The van der Waals surface area contributed by atoms with Crippen molar-refractivity contribution in [3.8, 4) is 40.1 Å². The molecule has 0 amide bonds. The van der Waals surface area contributed by atoms with E-state index in [0.29, 0.717) is 11.0 Å². The van der Waals surface area contributed by atoms with Gasteiger partial charge in [-0.25, -0.2) is 0 Å². The summed E-state index contributed by atoms with van der Waals surface area (Å²) < 4.78 is 17.0. The van der Waals surface area contributed by atoms with Gasteiger partial charge in [-0.3, -0.25) is 14.4 Å². The number of hydrogen-bond donors (Lipinski definition) is 4. The standard InChI is InChI=1S/C28H18O10/c1-11-2-5-19-14(6-11)24(33)15(10-36-19)13-8-21(32)37-20-9-18(31)23-25(34)26(35)27(38-28(23)22(13)20)12-3-4-16(29)17(30)7-12/h2-7,9-10,13,29-31,35H,8H2,1H3. The zero-order valence-electron chi connectivity index (χ0n) is 19.6. The van der Waals surface area contributed by atoms with Crippen LogP contribution in [0.5, 0.6) is 28.7 Å². The number of aryl methyl sites for hydroxylation is 1. The number of carbonyl (C=O) groups is 1. The molecule has 0 spiro atoms. The highest BCUT2D eigenvalue weighted by Crippen LogP contribution is 2.47. The van der Waals surface area contributed by atoms with Crippen LogP contribution in [0, 0.1) is 6.92 Å². The van der Waals surface area contributed by atoms with E-state index in [-0.39, 0.29) is 40.2 Å². The van der Waals surface area contributed by atoms with Gasteiger partial charge in [-0.1, -0.05) is 11.6 Å². The molecular formula is C28H18O10. The Labute approximate surface area is 212 Å². The maximum absolute atomic E-state index is 13.5. The van der Waals surface area contributed by atoms with E-state index in [1.807, 2.05) is 6.92 Å². The molecule has 10 heteroatoms. The Morgan fingerprint density at radius 2 is 1.66 bits per heavy atom. The fourth-order valence-corrected chi connectivity index (χ4v) is 4.81. The average Bonchev–Trinajstić information content (AvgIpc) is 2.87. The summed E-state index contributed by atoms with van der Waals surface area (Å²) >= 11 is 0. The number of rotatable bonds is 2. The normalized spacial score (nSPS) is 15.0. The van der Waals surface area contributed by atoms with E-state index in [1.165, 1.54) is 12.3 Å². The third kappa shape index (κ3) is 3.38. The molecule has 2 aromatic heterocycles. The van der Waals surface area contributed by atoms with Crippen LogP contribution in [0.4, 0.5) is 0 Å². The molecule has 5 aromatic rings. The molecule has 190 valence electrons. The van der Waals surface area contributed by atoms with Crippen molar-refractivity contribution in [2.75, 3.05) is 0 Å². The molecule has 1 atom stereocenters. The van der Waals surface area contributed by atoms with Crippen LogP contribution < -0.4 is 15.6 Å². The molecule has 1 aliphatic rings. The molecule has 0 bridgehead atoms. The lowest BCUT2D eigenvalue weighted by Gasteiger charge is -2.25. The number of ether oxygens (including phenoxy) is 1. The molecular weight excluding hydrogens is 496 g/mol. The Balaban J connectivity index is 1.69. The first-order valence-corrected chi connectivity index (χ1v) is 11.4. The number of aromatic hydroxyl groups is 4. The second-order valence-electron chi connectivity index (χ2n) is 9.07. The third-order valence-corrected chi connectivity index (χ3v) is 6.63. The summed E-state index contributed by atoms with van der Waals surface area (Å²) in [6.07, 6.45) is 0.943. The number of fused-ring (bicyclic) bond motifs is 4. The average molecular weight is 514 g/mol. The van der Waals surface area contributed by atoms with Crippen molar-refractivity contribution < 1.29 is 38.8 Å². The SMILES string of the molecule is Cc1ccc2occ(C3CC(=O)Oc4cc(O)c5c(=O)c(O)c(-c6ccc(O)c(O)c6)oc5c43)c(=O)c2c1. The molecule has 4 N–H and O–H groups in total. The molecule has 0 fully saturated rings. The van der Waals surface area contributed by atoms with Crippen LogP contribution in [0.2, 0.25) is 0 Å². The van der Waals surface area contributed by atoms with Crippen LogP contribution in [0.15, 0.2) is 67.2 Å². The number of esters is 1. The van der Waals surface area contributed by atoms with Gasteiger partial charge in [-0.2, -0.15) is 0 Å². The number of benzene rings is 3. The van der Waals surface area contributed by atoms with Crippen LogP contribution >= 0.6 is 0 Å². The van der Waals surface area contributed by atoms with Gasteiger partial charge >= 0.3 is 5.97 Å². The van der Waals surface area contributed by atoms with Gasteiger partial charge in [0.05, 0.1) is 18.1 Å². The van der Waals surface area contributed by atoms with Gasteiger partial charge in [0.2, 0.25) is 11.2 Å². The Kier molecular flexibility index (Phi) is 4.96. The van der Waals surface area contributed by atoms with Gasteiger partial charge in [0.1, 0.15) is 28.1 Å². The summed E-state index contributed by atoms with van der Waals surface area (Å²) in [6.45, 7) is 1.82. The molecule has 1 aliphatic heterocycles. The lowest BCUT2D eigenvalue weighted by atomic mass is 9.85. The maximum atomic E-state index is 13.5. The van der Waals surface area contributed by atoms with Crippen molar-refractivity contribution in [3.05, 3.63) is 85.9 Å². The van der Waals surface area contributed by atoms with Gasteiger partial charge in [0.25, 0.3) is 0 Å². The molecule has 0 saturated carbocycles. The topological polar surface area (TPSA) is 168 Å². The summed E-state index contributed by atoms with van der Waals surface area (Å²) in [5, 5.41) is 40.8. The lowest BCUT2D eigenvalue weighted by Crippen LogP contribution is -2.25. The number of phenols is 3. The highest BCUT2D eigenvalue weighted by Gasteiger charge is 2.36. The fourth-order valence-electron chi connectivity index (χ4n) is 4.81. The first-order valence-electron chi connectivity index (χ1n) is 11.4. The van der Waals surface area contributed by atoms with Crippen LogP contribution in [-0.2, 0) is 4.79 Å². The number of carbonyl (C=O) groups excluding carboxylic acids is 1. The molecule has 0 aliphatic carbocycles. The van der Waals surface area contributed by atoms with E-state index in [1.54, 1.807) is 18.2 Å². The zero-order valence-corrected chi connectivity index (χ0v) is 19.6. The summed E-state index contributed by atoms with van der Waals surface area (Å²) in [7, 11) is 0.